The molecule has 1 aliphatic rings. The molecule has 2 heterocycles. The fraction of sp³-hybridized carbons (Fsp3) is 0.385. The Morgan fingerprint density at radius 2 is 2.22 bits per heavy atom. The molecule has 94 valence electrons. The van der Waals surface area contributed by atoms with Crippen molar-refractivity contribution in [1.82, 2.24) is 9.97 Å². The Bertz CT molecular complexity index is 493. The Morgan fingerprint density at radius 3 is 2.78 bits per heavy atom. The highest BCUT2D eigenvalue weighted by atomic mass is 35.5. The molecule has 0 aliphatic heterocycles. The van der Waals surface area contributed by atoms with E-state index in [1.165, 1.54) is 18.4 Å². The first-order valence-corrected chi connectivity index (χ1v) is 7.49. The third-order valence-electron chi connectivity index (χ3n) is 3.04. The molecule has 3 rings (SSSR count). The van der Waals surface area contributed by atoms with Gasteiger partial charge in [0.25, 0.3) is 0 Å². The number of halogens is 1. The maximum absolute atomic E-state index is 5.73. The van der Waals surface area contributed by atoms with Crippen LogP contribution in [0.4, 0.5) is 5.82 Å². The van der Waals surface area contributed by atoms with Crippen LogP contribution in [0.2, 0.25) is 0 Å². The third-order valence-corrected chi connectivity index (χ3v) is 4.05. The van der Waals surface area contributed by atoms with Crippen LogP contribution >= 0.6 is 22.9 Å². The molecule has 2 aromatic heterocycles. The number of anilines is 1. The average Bonchev–Trinajstić information content (AvgIpc) is 3.13. The van der Waals surface area contributed by atoms with E-state index in [2.05, 4.69) is 31.7 Å². The SMILES string of the molecule is ClCc1cnc(N(Cc2ccsc2)C2CC2)cn1. The normalized spacial score (nSPS) is 14.7. The van der Waals surface area contributed by atoms with E-state index in [1.54, 1.807) is 17.5 Å². The predicted molar refractivity (Wildman–Crippen MR) is 75.1 cm³/mol. The molecule has 0 unspecified atom stereocenters. The van der Waals surface area contributed by atoms with Crippen LogP contribution in [0.15, 0.2) is 29.2 Å². The smallest absolute Gasteiger partial charge is 0.147 e. The maximum Gasteiger partial charge on any atom is 0.147 e. The number of rotatable bonds is 5. The summed E-state index contributed by atoms with van der Waals surface area (Å²) in [5.74, 6) is 1.37. The summed E-state index contributed by atoms with van der Waals surface area (Å²) in [6, 6.07) is 2.79. The molecule has 5 heteroatoms. The molecule has 3 nitrogen and oxygen atoms in total. The van der Waals surface area contributed by atoms with E-state index in [4.69, 9.17) is 11.6 Å². The molecule has 0 saturated heterocycles. The third kappa shape index (κ3) is 2.65. The Morgan fingerprint density at radius 1 is 1.33 bits per heavy atom. The number of alkyl halides is 1. The van der Waals surface area contributed by atoms with Crippen molar-refractivity contribution < 1.29 is 0 Å². The van der Waals surface area contributed by atoms with Crippen molar-refractivity contribution in [3.05, 3.63) is 40.5 Å². The van der Waals surface area contributed by atoms with E-state index in [0.717, 1.165) is 18.1 Å². The predicted octanol–water partition coefficient (Wildman–Crippen LogP) is 3.45. The number of hydrogen-bond donors (Lipinski definition) is 0. The van der Waals surface area contributed by atoms with E-state index in [0.29, 0.717) is 11.9 Å². The number of thiophene rings is 1. The van der Waals surface area contributed by atoms with E-state index in [-0.39, 0.29) is 0 Å². The number of nitrogens with zero attached hydrogens (tertiary/aromatic N) is 3. The largest absolute Gasteiger partial charge is 0.348 e. The molecule has 0 amide bonds. The lowest BCUT2D eigenvalue weighted by Crippen LogP contribution is -2.25. The Hall–Kier alpha value is -1.13. The summed E-state index contributed by atoms with van der Waals surface area (Å²) in [5, 5.41) is 4.30. The first-order chi connectivity index (χ1) is 8.86. The van der Waals surface area contributed by atoms with Crippen LogP contribution in [0.25, 0.3) is 0 Å². The Balaban J connectivity index is 1.80. The lowest BCUT2D eigenvalue weighted by molar-refractivity contribution is 0.774. The van der Waals surface area contributed by atoms with Crippen LogP contribution in [0.5, 0.6) is 0 Å². The second-order valence-corrected chi connectivity index (χ2v) is 5.54. The van der Waals surface area contributed by atoms with Gasteiger partial charge in [0.2, 0.25) is 0 Å². The summed E-state index contributed by atoms with van der Waals surface area (Å²) in [7, 11) is 0. The molecule has 1 saturated carbocycles. The van der Waals surface area contributed by atoms with Crippen molar-refractivity contribution in [2.45, 2.75) is 31.3 Å². The minimum absolute atomic E-state index is 0.418. The molecule has 0 aromatic carbocycles. The molecule has 18 heavy (non-hydrogen) atoms. The van der Waals surface area contributed by atoms with E-state index >= 15 is 0 Å². The molecular weight excluding hydrogens is 266 g/mol. The summed E-state index contributed by atoms with van der Waals surface area (Å²) in [6.07, 6.45) is 6.11. The van der Waals surface area contributed by atoms with Gasteiger partial charge in [0.05, 0.1) is 24.0 Å². The minimum atomic E-state index is 0.418. The summed E-state index contributed by atoms with van der Waals surface area (Å²) in [6.45, 7) is 0.920. The summed E-state index contributed by atoms with van der Waals surface area (Å²) < 4.78 is 0. The lowest BCUT2D eigenvalue weighted by atomic mass is 10.3. The van der Waals surface area contributed by atoms with Crippen LogP contribution in [0.1, 0.15) is 24.1 Å². The van der Waals surface area contributed by atoms with Crippen molar-refractivity contribution in [2.24, 2.45) is 0 Å². The zero-order valence-corrected chi connectivity index (χ0v) is 11.5. The standard InChI is InChI=1S/C13H14ClN3S/c14-5-11-6-16-13(7-15-11)17(12-1-2-12)8-10-3-4-18-9-10/h3-4,6-7,9,12H,1-2,5,8H2. The molecule has 1 aliphatic carbocycles. The molecule has 1 fully saturated rings. The van der Waals surface area contributed by atoms with Crippen LogP contribution in [-0.2, 0) is 12.4 Å². The Labute approximate surface area is 115 Å². The van der Waals surface area contributed by atoms with E-state index in [1.807, 2.05) is 6.20 Å². The molecule has 2 aromatic rings. The quantitative estimate of drug-likeness (QED) is 0.785. The number of aromatic nitrogens is 2. The highest BCUT2D eigenvalue weighted by molar-refractivity contribution is 7.07. The van der Waals surface area contributed by atoms with Crippen molar-refractivity contribution in [3.63, 3.8) is 0 Å². The van der Waals surface area contributed by atoms with Gasteiger partial charge in [-0.1, -0.05) is 0 Å². The fourth-order valence-corrected chi connectivity index (χ4v) is 2.73. The minimum Gasteiger partial charge on any atom is -0.348 e. The van der Waals surface area contributed by atoms with Crippen molar-refractivity contribution >= 4 is 28.8 Å². The van der Waals surface area contributed by atoms with E-state index in [9.17, 15) is 0 Å². The van der Waals surface area contributed by atoms with Gasteiger partial charge >= 0.3 is 0 Å². The monoisotopic (exact) mass is 279 g/mol. The van der Waals surface area contributed by atoms with Gasteiger partial charge in [-0.2, -0.15) is 11.3 Å². The van der Waals surface area contributed by atoms with Crippen LogP contribution < -0.4 is 4.90 Å². The second kappa shape index (κ2) is 5.24. The van der Waals surface area contributed by atoms with Gasteiger partial charge in [0, 0.05) is 12.6 Å². The highest BCUT2D eigenvalue weighted by Crippen LogP contribution is 2.32. The van der Waals surface area contributed by atoms with Crippen molar-refractivity contribution in [2.75, 3.05) is 4.90 Å². The molecule has 0 atom stereocenters. The van der Waals surface area contributed by atoms with Gasteiger partial charge in [0.15, 0.2) is 0 Å². The van der Waals surface area contributed by atoms with Crippen molar-refractivity contribution in [1.29, 1.82) is 0 Å². The number of hydrogen-bond acceptors (Lipinski definition) is 4. The molecule has 0 spiro atoms. The molecule has 0 radical (unpaired) electrons. The summed E-state index contributed by atoms with van der Waals surface area (Å²) >= 11 is 7.47. The fourth-order valence-electron chi connectivity index (χ4n) is 1.93. The van der Waals surface area contributed by atoms with Crippen LogP contribution in [0.3, 0.4) is 0 Å². The lowest BCUT2D eigenvalue weighted by Gasteiger charge is -2.22. The van der Waals surface area contributed by atoms with Gasteiger partial charge < -0.3 is 4.90 Å². The first kappa shape index (κ1) is 11.9. The highest BCUT2D eigenvalue weighted by Gasteiger charge is 2.30. The zero-order valence-electron chi connectivity index (χ0n) is 9.92. The molecule has 0 N–H and O–H groups in total. The van der Waals surface area contributed by atoms with Gasteiger partial charge in [-0.15, -0.1) is 11.6 Å². The van der Waals surface area contributed by atoms with Crippen LogP contribution in [-0.4, -0.2) is 16.0 Å². The topological polar surface area (TPSA) is 29.0 Å². The summed E-state index contributed by atoms with van der Waals surface area (Å²) in [4.78, 5) is 11.1. The second-order valence-electron chi connectivity index (χ2n) is 4.49. The molecule has 0 bridgehead atoms. The van der Waals surface area contributed by atoms with Gasteiger partial charge in [0.1, 0.15) is 5.82 Å². The zero-order chi connectivity index (χ0) is 12.4. The average molecular weight is 280 g/mol. The van der Waals surface area contributed by atoms with E-state index < -0.39 is 0 Å². The first-order valence-electron chi connectivity index (χ1n) is 6.01. The molecular formula is C13H14ClN3S. The summed E-state index contributed by atoms with van der Waals surface area (Å²) in [5.41, 5.74) is 2.17. The van der Waals surface area contributed by atoms with Crippen molar-refractivity contribution in [3.8, 4) is 0 Å². The van der Waals surface area contributed by atoms with Gasteiger partial charge in [-0.25, -0.2) is 4.98 Å². The Kier molecular flexibility index (Phi) is 3.48. The van der Waals surface area contributed by atoms with Gasteiger partial charge in [-0.05, 0) is 35.2 Å². The van der Waals surface area contributed by atoms with Gasteiger partial charge in [-0.3, -0.25) is 4.98 Å². The van der Waals surface area contributed by atoms with Crippen LogP contribution in [0, 0.1) is 0 Å². The maximum atomic E-state index is 5.73.